The highest BCUT2D eigenvalue weighted by atomic mass is 127. The number of hydrogen-bond donors (Lipinski definition) is 2. The third-order valence-electron chi connectivity index (χ3n) is 3.43. The van der Waals surface area contributed by atoms with Crippen LogP contribution < -0.4 is 11.1 Å². The Hall–Kier alpha value is -1.37. The maximum Gasteiger partial charge on any atom is 0.217 e. The van der Waals surface area contributed by atoms with Gasteiger partial charge in [-0.15, -0.1) is 0 Å². The third-order valence-corrected chi connectivity index (χ3v) is 5.88. The summed E-state index contributed by atoms with van der Waals surface area (Å²) in [7, 11) is 0. The SMILES string of the molecule is CCNc1ccc(C2=N[C@]3(C)C=IC=CC3O2)cc1N. The molecular weight excluding hydrogens is 365 g/mol. The number of aliphatic imine (C=N–C) groups is 1. The number of ether oxygens (including phenoxy) is 1. The van der Waals surface area contributed by atoms with Gasteiger partial charge in [0, 0.05) is 12.1 Å². The predicted octanol–water partition coefficient (Wildman–Crippen LogP) is 2.90. The number of anilines is 2. The number of hydrogen-bond acceptors (Lipinski definition) is 4. The summed E-state index contributed by atoms with van der Waals surface area (Å²) in [5, 5.41) is 3.23. The number of nitrogens with two attached hydrogens (primary N) is 1. The van der Waals surface area contributed by atoms with Crippen LogP contribution in [0, 0.1) is 0 Å². The van der Waals surface area contributed by atoms with Crippen molar-refractivity contribution in [2.45, 2.75) is 25.5 Å². The van der Waals surface area contributed by atoms with Gasteiger partial charge in [0.1, 0.15) is 11.6 Å². The van der Waals surface area contributed by atoms with Crippen LogP contribution >= 0.6 is 20.7 Å². The second-order valence-electron chi connectivity index (χ2n) is 5.07. The molecular formula is C15H18IN3O. The molecule has 0 aliphatic carbocycles. The summed E-state index contributed by atoms with van der Waals surface area (Å²) in [6, 6.07) is 5.92. The number of nitrogens with one attached hydrogen (secondary N) is 1. The van der Waals surface area contributed by atoms with Crippen molar-refractivity contribution in [1.82, 2.24) is 0 Å². The average molecular weight is 383 g/mol. The molecule has 1 aromatic rings. The standard InChI is InChI=1S/C15H18IN3O/c1-3-18-12-5-4-10(8-11(12)17)14-19-15(2)9-16-7-6-13(15)20-14/h4-9,13,18H,3,17H2,1-2H3/t13?,15-/m1/s1. The van der Waals surface area contributed by atoms with Crippen LogP contribution in [0.25, 0.3) is 0 Å². The maximum absolute atomic E-state index is 6.07. The van der Waals surface area contributed by atoms with Crippen molar-refractivity contribution in [3.05, 3.63) is 33.9 Å². The van der Waals surface area contributed by atoms with Crippen LogP contribution in [0.2, 0.25) is 0 Å². The van der Waals surface area contributed by atoms with E-state index in [1.54, 1.807) is 0 Å². The molecule has 0 amide bonds. The van der Waals surface area contributed by atoms with Crippen LogP contribution in [0.1, 0.15) is 19.4 Å². The maximum atomic E-state index is 6.07. The normalized spacial score (nSPS) is 27.3. The molecule has 2 atom stereocenters. The molecule has 20 heavy (non-hydrogen) atoms. The molecule has 0 saturated carbocycles. The van der Waals surface area contributed by atoms with E-state index in [2.05, 4.69) is 26.4 Å². The van der Waals surface area contributed by atoms with Crippen LogP contribution in [0.3, 0.4) is 0 Å². The minimum Gasteiger partial charge on any atom is -0.467 e. The lowest BCUT2D eigenvalue weighted by Gasteiger charge is -2.22. The van der Waals surface area contributed by atoms with Crippen molar-refractivity contribution in [2.24, 2.45) is 4.99 Å². The largest absolute Gasteiger partial charge is 0.467 e. The van der Waals surface area contributed by atoms with Crippen molar-refractivity contribution < 1.29 is 4.74 Å². The Morgan fingerprint density at radius 2 is 2.35 bits per heavy atom. The van der Waals surface area contributed by atoms with Crippen molar-refractivity contribution in [3.8, 4) is 0 Å². The lowest BCUT2D eigenvalue weighted by atomic mass is 9.99. The van der Waals surface area contributed by atoms with Gasteiger partial charge in [0.25, 0.3) is 0 Å². The zero-order chi connectivity index (χ0) is 14.2. The van der Waals surface area contributed by atoms with E-state index in [-0.39, 0.29) is 32.4 Å². The lowest BCUT2D eigenvalue weighted by molar-refractivity contribution is 0.230. The van der Waals surface area contributed by atoms with E-state index in [1.165, 1.54) is 0 Å². The molecule has 0 fully saturated rings. The van der Waals surface area contributed by atoms with Crippen molar-refractivity contribution in [2.75, 3.05) is 17.6 Å². The van der Waals surface area contributed by atoms with Crippen LogP contribution in [0.4, 0.5) is 11.4 Å². The first-order valence-electron chi connectivity index (χ1n) is 6.65. The van der Waals surface area contributed by atoms with Gasteiger partial charge >= 0.3 is 0 Å². The van der Waals surface area contributed by atoms with E-state index in [0.717, 1.165) is 23.5 Å². The van der Waals surface area contributed by atoms with Gasteiger partial charge in [-0.1, -0.05) is 20.7 Å². The number of fused-ring (bicyclic) bond motifs is 1. The highest BCUT2D eigenvalue weighted by Crippen LogP contribution is 2.33. The highest BCUT2D eigenvalue weighted by Gasteiger charge is 2.40. The number of benzene rings is 1. The highest BCUT2D eigenvalue weighted by molar-refractivity contribution is 14.2. The van der Waals surface area contributed by atoms with Crippen molar-refractivity contribution in [3.63, 3.8) is 0 Å². The lowest BCUT2D eigenvalue weighted by Crippen LogP contribution is -2.35. The molecule has 3 rings (SSSR count). The first kappa shape index (κ1) is 13.6. The zero-order valence-electron chi connectivity index (χ0n) is 11.6. The first-order valence-corrected chi connectivity index (χ1v) is 9.15. The Morgan fingerprint density at radius 1 is 1.50 bits per heavy atom. The quantitative estimate of drug-likeness (QED) is 0.624. The minimum atomic E-state index is -0.202. The van der Waals surface area contributed by atoms with Gasteiger partial charge in [0.15, 0.2) is 0 Å². The van der Waals surface area contributed by atoms with Gasteiger partial charge in [0.2, 0.25) is 5.90 Å². The molecule has 0 bridgehead atoms. The molecule has 2 aliphatic rings. The number of rotatable bonds is 3. The molecule has 0 saturated heterocycles. The molecule has 106 valence electrons. The third kappa shape index (κ3) is 2.34. The topological polar surface area (TPSA) is 59.6 Å². The molecule has 5 heteroatoms. The average Bonchev–Trinajstić information content (AvgIpc) is 2.78. The Balaban J connectivity index is 1.91. The van der Waals surface area contributed by atoms with Gasteiger partial charge in [-0.3, -0.25) is 0 Å². The Bertz CT molecular complexity index is 624. The first-order chi connectivity index (χ1) is 9.62. The van der Waals surface area contributed by atoms with Gasteiger partial charge in [-0.05, 0) is 46.2 Å². The molecule has 1 aromatic carbocycles. The fourth-order valence-corrected chi connectivity index (χ4v) is 4.37. The van der Waals surface area contributed by atoms with E-state index < -0.39 is 0 Å². The van der Waals surface area contributed by atoms with Gasteiger partial charge in [0.05, 0.1) is 11.4 Å². The van der Waals surface area contributed by atoms with Crippen molar-refractivity contribution in [1.29, 1.82) is 0 Å². The molecule has 4 nitrogen and oxygen atoms in total. The number of halogens is 1. The van der Waals surface area contributed by atoms with Gasteiger partial charge in [-0.25, -0.2) is 4.99 Å². The van der Waals surface area contributed by atoms with E-state index in [0.29, 0.717) is 5.90 Å². The predicted molar refractivity (Wildman–Crippen MR) is 94.1 cm³/mol. The van der Waals surface area contributed by atoms with Gasteiger partial charge in [-0.2, -0.15) is 0 Å². The fraction of sp³-hybridized carbons (Fsp3) is 0.333. The van der Waals surface area contributed by atoms with Crippen LogP contribution in [0.15, 0.2) is 33.4 Å². The monoisotopic (exact) mass is 383 g/mol. The fourth-order valence-electron chi connectivity index (χ4n) is 2.32. The smallest absolute Gasteiger partial charge is 0.217 e. The van der Waals surface area contributed by atoms with Crippen LogP contribution in [0.5, 0.6) is 0 Å². The van der Waals surface area contributed by atoms with E-state index in [9.17, 15) is 0 Å². The zero-order valence-corrected chi connectivity index (χ0v) is 13.7. The minimum absolute atomic E-state index is 0.00224. The van der Waals surface area contributed by atoms with Crippen LogP contribution in [-0.2, 0) is 4.74 Å². The number of nitrogen functional groups attached to an aromatic ring is 1. The second-order valence-corrected chi connectivity index (χ2v) is 7.13. The summed E-state index contributed by atoms with van der Waals surface area (Å²) < 4.78 is 10.5. The molecule has 0 aromatic heterocycles. The van der Waals surface area contributed by atoms with Gasteiger partial charge < -0.3 is 15.8 Å². The summed E-state index contributed by atoms with van der Waals surface area (Å²) in [6.07, 6.45) is 2.17. The molecule has 2 heterocycles. The van der Waals surface area contributed by atoms with Crippen LogP contribution in [-0.4, -0.2) is 28.1 Å². The van der Waals surface area contributed by atoms with E-state index in [1.807, 2.05) is 25.1 Å². The number of nitrogens with zero attached hydrogens (tertiary/aromatic N) is 1. The molecule has 1 unspecified atom stereocenters. The Morgan fingerprint density at radius 3 is 3.05 bits per heavy atom. The molecule has 0 radical (unpaired) electrons. The van der Waals surface area contributed by atoms with Crippen molar-refractivity contribution >= 4 is 42.0 Å². The Labute approximate surface area is 128 Å². The Kier molecular flexibility index (Phi) is 3.54. The van der Waals surface area contributed by atoms with E-state index >= 15 is 0 Å². The summed E-state index contributed by atoms with van der Waals surface area (Å²) in [6.45, 7) is 5.03. The van der Waals surface area contributed by atoms with E-state index in [4.69, 9.17) is 15.5 Å². The summed E-state index contributed by atoms with van der Waals surface area (Å²) in [5.74, 6) is 0.694. The molecule has 2 aliphatic heterocycles. The summed E-state index contributed by atoms with van der Waals surface area (Å²) >= 11 is -0.00224. The summed E-state index contributed by atoms with van der Waals surface area (Å²) in [5.41, 5.74) is 8.49. The molecule has 3 N–H and O–H groups in total. The second kappa shape index (κ2) is 5.20. The summed E-state index contributed by atoms with van der Waals surface area (Å²) in [4.78, 5) is 4.77. The molecule has 0 spiro atoms.